The van der Waals surface area contributed by atoms with Crippen molar-refractivity contribution >= 4 is 10.8 Å². The van der Waals surface area contributed by atoms with Crippen molar-refractivity contribution in [1.29, 1.82) is 0 Å². The SMILES string of the molecule is CS(=O)c1ccccn1.OCc1ccccc1.c1ccc(COCC2CC(OCc3ccccc3)C(OCc3ccccc3)CO2)cc1. The highest BCUT2D eigenvalue weighted by Gasteiger charge is 2.33. The first-order valence-electron chi connectivity index (χ1n) is 16.0. The second-order valence-corrected chi connectivity index (χ2v) is 12.5. The van der Waals surface area contributed by atoms with Gasteiger partial charge in [0.25, 0.3) is 0 Å². The molecule has 0 aliphatic carbocycles. The summed E-state index contributed by atoms with van der Waals surface area (Å²) in [7, 11) is -0.940. The van der Waals surface area contributed by atoms with Crippen LogP contribution in [0.15, 0.2) is 151 Å². The van der Waals surface area contributed by atoms with Gasteiger partial charge in [0.15, 0.2) is 0 Å². The first kappa shape index (κ1) is 36.8. The number of ether oxygens (including phenoxy) is 4. The van der Waals surface area contributed by atoms with Gasteiger partial charge >= 0.3 is 0 Å². The molecule has 1 fully saturated rings. The summed E-state index contributed by atoms with van der Waals surface area (Å²) in [6.07, 6.45) is 3.86. The molecule has 1 aliphatic rings. The average Bonchev–Trinajstić information content (AvgIpc) is 3.16. The van der Waals surface area contributed by atoms with Crippen LogP contribution in [0.3, 0.4) is 0 Å². The van der Waals surface area contributed by atoms with Crippen molar-refractivity contribution in [3.05, 3.63) is 168 Å². The van der Waals surface area contributed by atoms with Crippen molar-refractivity contribution in [3.63, 3.8) is 0 Å². The van der Waals surface area contributed by atoms with Gasteiger partial charge in [0, 0.05) is 18.9 Å². The zero-order valence-corrected chi connectivity index (χ0v) is 28.2. The van der Waals surface area contributed by atoms with Gasteiger partial charge in [0.1, 0.15) is 11.1 Å². The van der Waals surface area contributed by atoms with Gasteiger partial charge in [-0.1, -0.05) is 127 Å². The van der Waals surface area contributed by atoms with E-state index in [2.05, 4.69) is 41.4 Å². The summed E-state index contributed by atoms with van der Waals surface area (Å²) in [6.45, 7) is 2.89. The number of aromatic nitrogens is 1. The standard InChI is InChI=1S/C27H30O4.C7H8O.C6H7NOS/c1-4-10-22(11-5-1)17-28-20-25-16-26(30-18-23-12-6-2-7-13-23)27(21-29-25)31-19-24-14-8-3-9-15-24;8-6-7-4-2-1-3-5-7;1-9(8)6-4-2-3-5-7-6/h1-15,25-27H,16-21H2;1-5,8H,6H2;2-5H,1H3. The van der Waals surface area contributed by atoms with E-state index in [9.17, 15) is 4.21 Å². The number of rotatable bonds is 12. The molecule has 48 heavy (non-hydrogen) atoms. The number of aliphatic hydroxyl groups is 1. The summed E-state index contributed by atoms with van der Waals surface area (Å²) in [5, 5.41) is 9.17. The van der Waals surface area contributed by atoms with Gasteiger partial charge in [-0.25, -0.2) is 4.98 Å². The van der Waals surface area contributed by atoms with E-state index < -0.39 is 10.8 Å². The maximum Gasteiger partial charge on any atom is 0.126 e. The van der Waals surface area contributed by atoms with Crippen LogP contribution < -0.4 is 0 Å². The lowest BCUT2D eigenvalue weighted by atomic mass is 10.0. The Hall–Kier alpha value is -4.02. The Bertz CT molecular complexity index is 1550. The van der Waals surface area contributed by atoms with Crippen molar-refractivity contribution in [2.75, 3.05) is 19.5 Å². The number of hydrogen-bond donors (Lipinski definition) is 1. The topological polar surface area (TPSA) is 87.1 Å². The van der Waals surface area contributed by atoms with Crippen molar-refractivity contribution in [2.24, 2.45) is 0 Å². The van der Waals surface area contributed by atoms with Crippen molar-refractivity contribution in [1.82, 2.24) is 4.98 Å². The van der Waals surface area contributed by atoms with Crippen LogP contribution >= 0.6 is 0 Å². The predicted octanol–water partition coefficient (Wildman–Crippen LogP) is 7.16. The second-order valence-electron chi connectivity index (χ2n) is 11.1. The summed E-state index contributed by atoms with van der Waals surface area (Å²) < 4.78 is 35.2. The Morgan fingerprint density at radius 1 is 0.667 bits per heavy atom. The van der Waals surface area contributed by atoms with Gasteiger partial charge in [-0.2, -0.15) is 0 Å². The number of hydrogen-bond acceptors (Lipinski definition) is 7. The monoisotopic (exact) mass is 667 g/mol. The molecule has 6 rings (SSSR count). The number of aliphatic hydroxyl groups excluding tert-OH is 1. The van der Waals surface area contributed by atoms with Crippen molar-refractivity contribution in [3.8, 4) is 0 Å². The predicted molar refractivity (Wildman–Crippen MR) is 189 cm³/mol. The number of benzene rings is 4. The fourth-order valence-corrected chi connectivity index (χ4v) is 5.28. The third kappa shape index (κ3) is 14.0. The summed E-state index contributed by atoms with van der Waals surface area (Å²) in [4.78, 5) is 3.88. The minimum Gasteiger partial charge on any atom is -0.392 e. The Kier molecular flexibility index (Phi) is 16.7. The summed E-state index contributed by atoms with van der Waals surface area (Å²) in [6, 6.07) is 45.6. The Morgan fingerprint density at radius 3 is 1.58 bits per heavy atom. The highest BCUT2D eigenvalue weighted by Crippen LogP contribution is 2.23. The number of pyridine rings is 1. The van der Waals surface area contributed by atoms with Gasteiger partial charge in [0.05, 0.1) is 62.6 Å². The molecule has 7 nitrogen and oxygen atoms in total. The van der Waals surface area contributed by atoms with Gasteiger partial charge < -0.3 is 24.1 Å². The molecule has 0 bridgehead atoms. The average molecular weight is 668 g/mol. The smallest absolute Gasteiger partial charge is 0.126 e. The van der Waals surface area contributed by atoms with E-state index in [1.54, 1.807) is 24.6 Å². The van der Waals surface area contributed by atoms with Crippen LogP contribution in [0.2, 0.25) is 0 Å². The van der Waals surface area contributed by atoms with Crippen molar-refractivity contribution in [2.45, 2.75) is 56.2 Å². The Balaban J connectivity index is 0.000000248. The van der Waals surface area contributed by atoms with Gasteiger partial charge in [-0.15, -0.1) is 0 Å². The molecule has 0 saturated carbocycles. The van der Waals surface area contributed by atoms with E-state index in [0.717, 1.165) is 23.1 Å². The minimum atomic E-state index is -0.940. The first-order chi connectivity index (χ1) is 23.6. The molecule has 5 aromatic rings. The molecule has 4 unspecified atom stereocenters. The molecule has 0 spiro atoms. The number of nitrogens with zero attached hydrogens (tertiary/aromatic N) is 1. The Labute approximate surface area is 287 Å². The van der Waals surface area contributed by atoms with Crippen LogP contribution in [-0.2, 0) is 56.2 Å². The van der Waals surface area contributed by atoms with E-state index in [0.29, 0.717) is 38.1 Å². The molecule has 252 valence electrons. The molecule has 0 amide bonds. The van der Waals surface area contributed by atoms with E-state index in [-0.39, 0.29) is 24.9 Å². The fourth-order valence-electron chi connectivity index (χ4n) is 4.80. The molecule has 1 saturated heterocycles. The van der Waals surface area contributed by atoms with E-state index >= 15 is 0 Å². The van der Waals surface area contributed by atoms with E-state index in [1.165, 1.54) is 5.56 Å². The molecule has 8 heteroatoms. The lowest BCUT2D eigenvalue weighted by molar-refractivity contribution is -0.181. The van der Waals surface area contributed by atoms with Crippen LogP contribution in [0, 0.1) is 0 Å². The third-order valence-corrected chi connectivity index (χ3v) is 8.22. The molecule has 0 radical (unpaired) electrons. The van der Waals surface area contributed by atoms with Crippen LogP contribution in [0.25, 0.3) is 0 Å². The lowest BCUT2D eigenvalue weighted by Gasteiger charge is -2.36. The Morgan fingerprint density at radius 2 is 1.15 bits per heavy atom. The van der Waals surface area contributed by atoms with Gasteiger partial charge in [-0.3, -0.25) is 4.21 Å². The highest BCUT2D eigenvalue weighted by molar-refractivity contribution is 7.84. The quantitative estimate of drug-likeness (QED) is 0.151. The molecular formula is C40H45NO6S. The first-order valence-corrected chi connectivity index (χ1v) is 17.6. The van der Waals surface area contributed by atoms with Crippen LogP contribution in [-0.4, -0.2) is 52.1 Å². The minimum absolute atomic E-state index is 0.000982. The zero-order valence-electron chi connectivity index (χ0n) is 27.4. The molecule has 1 aliphatic heterocycles. The maximum atomic E-state index is 10.7. The molecule has 1 aromatic heterocycles. The molecule has 2 heterocycles. The lowest BCUT2D eigenvalue weighted by Crippen LogP contribution is -2.45. The van der Waals surface area contributed by atoms with E-state index in [4.69, 9.17) is 24.1 Å². The summed E-state index contributed by atoms with van der Waals surface area (Å²) in [5.41, 5.74) is 4.44. The van der Waals surface area contributed by atoms with Crippen molar-refractivity contribution < 1.29 is 28.3 Å². The third-order valence-electron chi connectivity index (χ3n) is 7.39. The molecular weight excluding hydrogens is 623 g/mol. The molecule has 4 aromatic carbocycles. The van der Waals surface area contributed by atoms with Gasteiger partial charge in [-0.05, 0) is 34.4 Å². The highest BCUT2D eigenvalue weighted by atomic mass is 32.2. The molecule has 4 atom stereocenters. The van der Waals surface area contributed by atoms with Crippen LogP contribution in [0.4, 0.5) is 0 Å². The van der Waals surface area contributed by atoms with Crippen LogP contribution in [0.1, 0.15) is 28.7 Å². The second kappa shape index (κ2) is 21.8. The summed E-state index contributed by atoms with van der Waals surface area (Å²) >= 11 is 0. The zero-order chi connectivity index (χ0) is 33.7. The summed E-state index contributed by atoms with van der Waals surface area (Å²) in [5.74, 6) is 0. The van der Waals surface area contributed by atoms with Crippen LogP contribution in [0.5, 0.6) is 0 Å². The maximum absolute atomic E-state index is 10.7. The normalized spacial score (nSPS) is 17.6. The van der Waals surface area contributed by atoms with E-state index in [1.807, 2.05) is 91.0 Å². The largest absolute Gasteiger partial charge is 0.392 e. The fraction of sp³-hybridized carbons (Fsp3) is 0.275. The molecule has 1 N–H and O–H groups in total. The van der Waals surface area contributed by atoms with Gasteiger partial charge in [0.2, 0.25) is 0 Å².